The summed E-state index contributed by atoms with van der Waals surface area (Å²) in [6.45, 7) is 9.04. The zero-order valence-electron chi connectivity index (χ0n) is 30.1. The van der Waals surface area contributed by atoms with E-state index >= 15 is 0 Å². The van der Waals surface area contributed by atoms with Gasteiger partial charge in [0.1, 0.15) is 11.5 Å². The number of amides is 2. The van der Waals surface area contributed by atoms with Crippen molar-refractivity contribution in [3.05, 3.63) is 93.2 Å². The first-order valence-corrected chi connectivity index (χ1v) is 17.3. The quantitative estimate of drug-likeness (QED) is 0.0996. The van der Waals surface area contributed by atoms with Crippen LogP contribution in [0, 0.1) is 13.8 Å². The number of unbranched alkanes of at least 4 members (excludes halogenated alkanes) is 2. The van der Waals surface area contributed by atoms with Gasteiger partial charge in [0.2, 0.25) is 0 Å². The summed E-state index contributed by atoms with van der Waals surface area (Å²) in [6, 6.07) is 5.90. The van der Waals surface area contributed by atoms with Gasteiger partial charge in [-0.05, 0) is 95.0 Å². The standard InChI is InChI=1S/C19H25N3O4.C19H25N3O3/c1-3-4-5-18-17(13(2)26-22-18)9-8-15-7-6-14(10-20-15)19(25)21-16(11-23)12-24;1-4-5-6-18-17(14(3)25-22-18)10-9-16-8-7-15(11-20-16)19(24)21-13(2)12-23/h6-10,16,23-24H,3-5,11-12H2,1-2H3,(H,21,25);7-11,13,23H,4-6,12H2,1-3H3,(H,21,24)/b9-8+;10-9+/t;13-/m.0/s1. The van der Waals surface area contributed by atoms with Crippen LogP contribution in [-0.4, -0.2) is 79.3 Å². The highest BCUT2D eigenvalue weighted by Gasteiger charge is 2.14. The van der Waals surface area contributed by atoms with Crippen LogP contribution < -0.4 is 10.6 Å². The third kappa shape index (κ3) is 12.7. The van der Waals surface area contributed by atoms with Crippen LogP contribution in [0.4, 0.5) is 0 Å². The Bertz CT molecular complexity index is 1710. The molecular weight excluding hydrogens is 652 g/mol. The number of carbonyl (C=O) groups is 2. The molecule has 4 heterocycles. The van der Waals surface area contributed by atoms with Crippen LogP contribution in [0.1, 0.15) is 113 Å². The zero-order valence-corrected chi connectivity index (χ0v) is 30.1. The number of aliphatic hydroxyl groups excluding tert-OH is 3. The number of aliphatic hydroxyl groups is 3. The van der Waals surface area contributed by atoms with Crippen molar-refractivity contribution in [2.75, 3.05) is 19.8 Å². The van der Waals surface area contributed by atoms with Crippen molar-refractivity contribution in [1.82, 2.24) is 30.9 Å². The lowest BCUT2D eigenvalue weighted by molar-refractivity contribution is 0.0878. The van der Waals surface area contributed by atoms with Crippen LogP contribution >= 0.6 is 0 Å². The van der Waals surface area contributed by atoms with Crippen molar-refractivity contribution >= 4 is 36.1 Å². The Balaban J connectivity index is 0.000000276. The normalized spacial score (nSPS) is 11.9. The van der Waals surface area contributed by atoms with Gasteiger partial charge in [-0.3, -0.25) is 19.6 Å². The summed E-state index contributed by atoms with van der Waals surface area (Å²) in [4.78, 5) is 32.5. The number of carbonyl (C=O) groups excluding carboxylic acids is 2. The number of hydrogen-bond donors (Lipinski definition) is 5. The molecule has 4 aromatic heterocycles. The molecule has 2 amide bonds. The first-order chi connectivity index (χ1) is 24.6. The topological polar surface area (TPSA) is 197 Å². The fourth-order valence-corrected chi connectivity index (χ4v) is 4.71. The van der Waals surface area contributed by atoms with E-state index in [9.17, 15) is 9.59 Å². The largest absolute Gasteiger partial charge is 0.394 e. The van der Waals surface area contributed by atoms with Crippen molar-refractivity contribution < 1.29 is 34.0 Å². The summed E-state index contributed by atoms with van der Waals surface area (Å²) in [5, 5.41) is 40.4. The minimum atomic E-state index is -0.680. The van der Waals surface area contributed by atoms with E-state index in [1.54, 1.807) is 31.2 Å². The van der Waals surface area contributed by atoms with Crippen LogP contribution in [0.2, 0.25) is 0 Å². The van der Waals surface area contributed by atoms with E-state index < -0.39 is 11.9 Å². The molecule has 0 unspecified atom stereocenters. The van der Waals surface area contributed by atoms with Gasteiger partial charge in [0.15, 0.2) is 0 Å². The lowest BCUT2D eigenvalue weighted by Crippen LogP contribution is -2.40. The molecule has 5 N–H and O–H groups in total. The molecule has 4 aromatic rings. The molecule has 0 radical (unpaired) electrons. The van der Waals surface area contributed by atoms with Gasteiger partial charge in [-0.1, -0.05) is 37.0 Å². The third-order valence-electron chi connectivity index (χ3n) is 7.87. The average Bonchev–Trinajstić information content (AvgIpc) is 3.69. The first-order valence-electron chi connectivity index (χ1n) is 17.3. The average molecular weight is 703 g/mol. The number of hydrogen-bond acceptors (Lipinski definition) is 11. The second-order valence-electron chi connectivity index (χ2n) is 12.1. The molecule has 0 aliphatic rings. The number of pyridine rings is 2. The lowest BCUT2D eigenvalue weighted by Gasteiger charge is -2.12. The maximum atomic E-state index is 12.0. The summed E-state index contributed by atoms with van der Waals surface area (Å²) in [5.41, 5.74) is 6.13. The van der Waals surface area contributed by atoms with Crippen LogP contribution in [0.5, 0.6) is 0 Å². The van der Waals surface area contributed by atoms with E-state index in [0.717, 1.165) is 78.3 Å². The molecule has 0 saturated heterocycles. The van der Waals surface area contributed by atoms with Gasteiger partial charge in [0.05, 0.1) is 59.8 Å². The number of nitrogens with zero attached hydrogens (tertiary/aromatic N) is 4. The monoisotopic (exact) mass is 702 g/mol. The SMILES string of the molecule is CCCCc1noc(C)c1/C=C/c1ccc(C(=O)NC(CO)CO)cn1.CCCCc1noc(C)c1/C=C/c1ccc(C(=O)N[C@@H](C)CO)cn1. The Morgan fingerprint density at radius 2 is 1.16 bits per heavy atom. The van der Waals surface area contributed by atoms with Crippen LogP contribution in [0.3, 0.4) is 0 Å². The first kappa shape index (κ1) is 40.4. The summed E-state index contributed by atoms with van der Waals surface area (Å²) >= 11 is 0. The highest BCUT2D eigenvalue weighted by atomic mass is 16.5. The Morgan fingerprint density at radius 1 is 0.706 bits per heavy atom. The van der Waals surface area contributed by atoms with Gasteiger partial charge >= 0.3 is 0 Å². The van der Waals surface area contributed by atoms with Gasteiger partial charge in [0.25, 0.3) is 11.8 Å². The smallest absolute Gasteiger partial charge is 0.253 e. The lowest BCUT2D eigenvalue weighted by atomic mass is 10.1. The molecule has 0 bridgehead atoms. The Hall–Kier alpha value is -4.98. The molecule has 0 spiro atoms. The molecule has 0 aromatic carbocycles. The van der Waals surface area contributed by atoms with Crippen LogP contribution in [0.15, 0.2) is 45.7 Å². The van der Waals surface area contributed by atoms with Gasteiger partial charge < -0.3 is 35.0 Å². The molecule has 0 aliphatic carbocycles. The predicted molar refractivity (Wildman–Crippen MR) is 195 cm³/mol. The second-order valence-corrected chi connectivity index (χ2v) is 12.1. The summed E-state index contributed by atoms with van der Waals surface area (Å²) < 4.78 is 10.6. The molecule has 51 heavy (non-hydrogen) atoms. The van der Waals surface area contributed by atoms with E-state index in [0.29, 0.717) is 16.8 Å². The van der Waals surface area contributed by atoms with Crippen molar-refractivity contribution in [3.63, 3.8) is 0 Å². The van der Waals surface area contributed by atoms with Gasteiger partial charge in [-0.25, -0.2) is 0 Å². The summed E-state index contributed by atoms with van der Waals surface area (Å²) in [6.07, 6.45) is 16.7. The predicted octanol–water partition coefficient (Wildman–Crippen LogP) is 4.98. The molecule has 13 nitrogen and oxygen atoms in total. The maximum Gasteiger partial charge on any atom is 0.253 e. The Labute approximate surface area is 298 Å². The van der Waals surface area contributed by atoms with E-state index in [-0.39, 0.29) is 31.8 Å². The van der Waals surface area contributed by atoms with E-state index in [2.05, 4.69) is 44.8 Å². The number of nitrogens with one attached hydrogen (secondary N) is 2. The summed E-state index contributed by atoms with van der Waals surface area (Å²) in [7, 11) is 0. The van der Waals surface area contributed by atoms with Gasteiger partial charge in [0, 0.05) is 29.6 Å². The minimum absolute atomic E-state index is 0.0988. The Morgan fingerprint density at radius 3 is 1.53 bits per heavy atom. The second kappa shape index (κ2) is 21.3. The Kier molecular flexibility index (Phi) is 16.9. The molecule has 0 fully saturated rings. The molecule has 13 heteroatoms. The van der Waals surface area contributed by atoms with E-state index in [4.69, 9.17) is 24.4 Å². The van der Waals surface area contributed by atoms with Crippen molar-refractivity contribution in [3.8, 4) is 0 Å². The molecule has 0 saturated carbocycles. The highest BCUT2D eigenvalue weighted by molar-refractivity contribution is 5.94. The zero-order chi connectivity index (χ0) is 37.2. The van der Waals surface area contributed by atoms with Crippen LogP contribution in [0.25, 0.3) is 24.3 Å². The fraction of sp³-hybridized carbons (Fsp3) is 0.421. The molecule has 0 aliphatic heterocycles. The fourth-order valence-electron chi connectivity index (χ4n) is 4.71. The minimum Gasteiger partial charge on any atom is -0.394 e. The molecular formula is C38H50N6O7. The van der Waals surface area contributed by atoms with E-state index in [1.807, 2.05) is 38.2 Å². The van der Waals surface area contributed by atoms with Crippen molar-refractivity contribution in [2.24, 2.45) is 0 Å². The molecule has 1 atom stereocenters. The molecule has 4 rings (SSSR count). The van der Waals surface area contributed by atoms with Gasteiger partial charge in [-0.2, -0.15) is 0 Å². The van der Waals surface area contributed by atoms with Crippen molar-refractivity contribution in [1.29, 1.82) is 0 Å². The van der Waals surface area contributed by atoms with Crippen molar-refractivity contribution in [2.45, 2.75) is 85.2 Å². The molecule has 274 valence electrons. The van der Waals surface area contributed by atoms with Crippen LogP contribution in [-0.2, 0) is 12.8 Å². The highest BCUT2D eigenvalue weighted by Crippen LogP contribution is 2.20. The van der Waals surface area contributed by atoms with Gasteiger partial charge in [-0.15, -0.1) is 0 Å². The maximum absolute atomic E-state index is 12.0. The number of aryl methyl sites for hydroxylation is 4. The number of aromatic nitrogens is 4. The third-order valence-corrected chi connectivity index (χ3v) is 7.87. The van der Waals surface area contributed by atoms with E-state index in [1.165, 1.54) is 12.4 Å². The number of rotatable bonds is 17. The summed E-state index contributed by atoms with van der Waals surface area (Å²) in [5.74, 6) is 0.915.